The summed E-state index contributed by atoms with van der Waals surface area (Å²) in [5.41, 5.74) is 0.0159. The van der Waals surface area contributed by atoms with Crippen LogP contribution in [0.1, 0.15) is 25.8 Å². The number of methoxy groups -OCH3 is 2. The first kappa shape index (κ1) is 11.9. The van der Waals surface area contributed by atoms with Gasteiger partial charge < -0.3 is 14.6 Å². The summed E-state index contributed by atoms with van der Waals surface area (Å²) in [6, 6.07) is 5.46. The van der Waals surface area contributed by atoms with Crippen molar-refractivity contribution in [1.29, 1.82) is 0 Å². The highest BCUT2D eigenvalue weighted by Gasteiger charge is 2.21. The third kappa shape index (κ3) is 2.42. The molecule has 0 aliphatic rings. The van der Waals surface area contributed by atoms with Crippen LogP contribution in [0.25, 0.3) is 0 Å². The third-order valence-electron chi connectivity index (χ3n) is 2.69. The molecular weight excluding hydrogens is 192 g/mol. The molecule has 1 aromatic carbocycles. The monoisotopic (exact) mass is 210 g/mol. The molecule has 0 heterocycles. The van der Waals surface area contributed by atoms with E-state index in [2.05, 4.69) is 0 Å². The molecule has 3 heteroatoms. The highest BCUT2D eigenvalue weighted by Crippen LogP contribution is 2.33. The molecule has 0 aliphatic heterocycles. The maximum Gasteiger partial charge on any atom is 0.161 e. The second-order valence-corrected chi connectivity index (χ2v) is 3.70. The highest BCUT2D eigenvalue weighted by molar-refractivity contribution is 5.44. The zero-order valence-corrected chi connectivity index (χ0v) is 9.70. The number of aliphatic hydroxyl groups is 1. The molecule has 0 aromatic heterocycles. The van der Waals surface area contributed by atoms with Crippen molar-refractivity contribution in [2.45, 2.75) is 25.9 Å². The van der Waals surface area contributed by atoms with Crippen molar-refractivity contribution in [3.63, 3.8) is 0 Å². The number of ether oxygens (including phenoxy) is 2. The lowest BCUT2D eigenvalue weighted by Gasteiger charge is -2.22. The fraction of sp³-hybridized carbons (Fsp3) is 0.500. The summed E-state index contributed by atoms with van der Waals surface area (Å²) in [5.74, 6) is 1.32. The number of hydrogen-bond acceptors (Lipinski definition) is 3. The van der Waals surface area contributed by atoms with Crippen LogP contribution < -0.4 is 9.47 Å². The molecule has 0 fully saturated rings. The summed E-state index contributed by atoms with van der Waals surface area (Å²) in [4.78, 5) is 0. The van der Waals surface area contributed by atoms with Gasteiger partial charge in [-0.1, -0.05) is 13.0 Å². The van der Waals surface area contributed by atoms with E-state index in [-0.39, 0.29) is 0 Å². The molecule has 1 N–H and O–H groups in total. The Morgan fingerprint density at radius 1 is 1.20 bits per heavy atom. The van der Waals surface area contributed by atoms with Gasteiger partial charge in [0.1, 0.15) is 0 Å². The average Bonchev–Trinajstić information content (AvgIpc) is 2.28. The molecule has 0 radical (unpaired) electrons. The number of hydrogen-bond donors (Lipinski definition) is 1. The van der Waals surface area contributed by atoms with Crippen LogP contribution in [0.2, 0.25) is 0 Å². The molecule has 1 atom stereocenters. The summed E-state index contributed by atoms with van der Waals surface area (Å²) < 4.78 is 10.3. The second-order valence-electron chi connectivity index (χ2n) is 3.70. The van der Waals surface area contributed by atoms with E-state index in [0.717, 1.165) is 5.56 Å². The molecule has 0 aliphatic carbocycles. The Kier molecular flexibility index (Phi) is 3.58. The molecule has 84 valence electrons. The largest absolute Gasteiger partial charge is 0.493 e. The SMILES string of the molecule is CC[C@](C)(O)c1ccc(OC)c(OC)c1. The summed E-state index contributed by atoms with van der Waals surface area (Å²) in [5, 5.41) is 10.1. The van der Waals surface area contributed by atoms with E-state index in [9.17, 15) is 5.11 Å². The van der Waals surface area contributed by atoms with Gasteiger partial charge in [-0.05, 0) is 31.0 Å². The number of rotatable bonds is 4. The van der Waals surface area contributed by atoms with Gasteiger partial charge in [0.25, 0.3) is 0 Å². The van der Waals surface area contributed by atoms with E-state index in [1.807, 2.05) is 19.1 Å². The number of benzene rings is 1. The van der Waals surface area contributed by atoms with Crippen LogP contribution in [-0.4, -0.2) is 19.3 Å². The fourth-order valence-electron chi connectivity index (χ4n) is 1.38. The van der Waals surface area contributed by atoms with Crippen molar-refractivity contribution in [1.82, 2.24) is 0 Å². The van der Waals surface area contributed by atoms with Gasteiger partial charge in [0.15, 0.2) is 11.5 Å². The molecule has 0 unspecified atom stereocenters. The minimum Gasteiger partial charge on any atom is -0.493 e. The minimum absolute atomic E-state index is 0.642. The van der Waals surface area contributed by atoms with Gasteiger partial charge in [-0.25, -0.2) is 0 Å². The topological polar surface area (TPSA) is 38.7 Å². The molecule has 0 spiro atoms. The molecule has 1 rings (SSSR count). The van der Waals surface area contributed by atoms with Crippen LogP contribution in [0.4, 0.5) is 0 Å². The second kappa shape index (κ2) is 4.53. The van der Waals surface area contributed by atoms with Crippen molar-refractivity contribution in [3.05, 3.63) is 23.8 Å². The van der Waals surface area contributed by atoms with Gasteiger partial charge >= 0.3 is 0 Å². The molecular formula is C12H18O3. The minimum atomic E-state index is -0.820. The van der Waals surface area contributed by atoms with Crippen molar-refractivity contribution in [3.8, 4) is 11.5 Å². The zero-order valence-electron chi connectivity index (χ0n) is 9.70. The first-order valence-electron chi connectivity index (χ1n) is 5.00. The Labute approximate surface area is 90.6 Å². The first-order valence-corrected chi connectivity index (χ1v) is 5.00. The zero-order chi connectivity index (χ0) is 11.5. The third-order valence-corrected chi connectivity index (χ3v) is 2.69. The van der Waals surface area contributed by atoms with E-state index < -0.39 is 5.60 Å². The van der Waals surface area contributed by atoms with Gasteiger partial charge in [-0.15, -0.1) is 0 Å². The van der Waals surface area contributed by atoms with Crippen molar-refractivity contribution < 1.29 is 14.6 Å². The van der Waals surface area contributed by atoms with Gasteiger partial charge in [0.2, 0.25) is 0 Å². The van der Waals surface area contributed by atoms with Crippen molar-refractivity contribution in [2.75, 3.05) is 14.2 Å². The van der Waals surface area contributed by atoms with Crippen LogP contribution in [0.5, 0.6) is 11.5 Å². The fourth-order valence-corrected chi connectivity index (χ4v) is 1.38. The van der Waals surface area contributed by atoms with Crippen molar-refractivity contribution >= 4 is 0 Å². The first-order chi connectivity index (χ1) is 7.05. The summed E-state index contributed by atoms with van der Waals surface area (Å²) in [7, 11) is 3.18. The van der Waals surface area contributed by atoms with Gasteiger partial charge in [0, 0.05) is 0 Å². The highest BCUT2D eigenvalue weighted by atomic mass is 16.5. The lowest BCUT2D eigenvalue weighted by molar-refractivity contribution is 0.0528. The van der Waals surface area contributed by atoms with Crippen LogP contribution in [0.3, 0.4) is 0 Å². The Morgan fingerprint density at radius 3 is 2.27 bits per heavy atom. The van der Waals surface area contributed by atoms with Gasteiger partial charge in [0.05, 0.1) is 19.8 Å². The van der Waals surface area contributed by atoms with E-state index in [4.69, 9.17) is 9.47 Å². The van der Waals surface area contributed by atoms with E-state index in [1.165, 1.54) is 0 Å². The predicted octanol–water partition coefficient (Wildman–Crippen LogP) is 2.32. The smallest absolute Gasteiger partial charge is 0.161 e. The lowest BCUT2D eigenvalue weighted by atomic mass is 9.93. The standard InChI is InChI=1S/C12H18O3/c1-5-12(2,13)9-6-7-10(14-3)11(8-9)15-4/h6-8,13H,5H2,1-4H3/t12-/m0/s1. The molecule has 0 bridgehead atoms. The van der Waals surface area contributed by atoms with E-state index in [0.29, 0.717) is 17.9 Å². The Bertz CT molecular complexity index is 332. The Balaban J connectivity index is 3.13. The van der Waals surface area contributed by atoms with Crippen LogP contribution in [0.15, 0.2) is 18.2 Å². The predicted molar refractivity (Wildman–Crippen MR) is 59.4 cm³/mol. The molecule has 0 saturated heterocycles. The summed E-state index contributed by atoms with van der Waals surface area (Å²) in [6.07, 6.45) is 0.655. The molecule has 0 saturated carbocycles. The summed E-state index contributed by atoms with van der Waals surface area (Å²) >= 11 is 0. The van der Waals surface area contributed by atoms with Crippen LogP contribution in [-0.2, 0) is 5.60 Å². The van der Waals surface area contributed by atoms with Crippen LogP contribution >= 0.6 is 0 Å². The van der Waals surface area contributed by atoms with Crippen molar-refractivity contribution in [2.24, 2.45) is 0 Å². The van der Waals surface area contributed by atoms with Gasteiger partial charge in [-0.2, -0.15) is 0 Å². The van der Waals surface area contributed by atoms with E-state index >= 15 is 0 Å². The Morgan fingerprint density at radius 2 is 1.80 bits per heavy atom. The normalized spacial score (nSPS) is 14.5. The maximum absolute atomic E-state index is 10.1. The summed E-state index contributed by atoms with van der Waals surface area (Å²) in [6.45, 7) is 3.73. The lowest BCUT2D eigenvalue weighted by Crippen LogP contribution is -2.19. The van der Waals surface area contributed by atoms with Gasteiger partial charge in [-0.3, -0.25) is 0 Å². The van der Waals surface area contributed by atoms with E-state index in [1.54, 1.807) is 27.2 Å². The Hall–Kier alpha value is -1.22. The van der Waals surface area contributed by atoms with Crippen LogP contribution in [0, 0.1) is 0 Å². The quantitative estimate of drug-likeness (QED) is 0.828. The average molecular weight is 210 g/mol. The molecule has 3 nitrogen and oxygen atoms in total. The molecule has 1 aromatic rings. The molecule has 15 heavy (non-hydrogen) atoms. The molecule has 0 amide bonds. The maximum atomic E-state index is 10.1.